The van der Waals surface area contributed by atoms with Crippen molar-refractivity contribution < 1.29 is 22.7 Å². The maximum Gasteiger partial charge on any atom is 0.356 e. The minimum absolute atomic E-state index is 0.0158. The Morgan fingerprint density at radius 2 is 1.50 bits per heavy atom. The van der Waals surface area contributed by atoms with E-state index in [1.165, 1.54) is 42.8 Å². The number of carbonyl (C=O) groups excluding carboxylic acids is 2. The Labute approximate surface area is 207 Å². The zero-order valence-corrected chi connectivity index (χ0v) is 20.3. The molecule has 10 heteroatoms. The smallest absolute Gasteiger partial charge is 0.356 e. The Balaban J connectivity index is 1.66. The van der Waals surface area contributed by atoms with Crippen molar-refractivity contribution in [2.75, 3.05) is 5.32 Å². The molecule has 0 saturated carbocycles. The lowest BCUT2D eigenvalue weighted by Gasteiger charge is -2.19. The first-order chi connectivity index (χ1) is 17.1. The molecular formula is C26H23N3O6S. The molecule has 1 atom stereocenters. The maximum atomic E-state index is 13.3. The van der Waals surface area contributed by atoms with E-state index >= 15 is 0 Å². The molecule has 1 unspecified atom stereocenters. The van der Waals surface area contributed by atoms with Gasteiger partial charge >= 0.3 is 5.97 Å². The molecule has 3 N–H and O–H groups in total. The van der Waals surface area contributed by atoms with Crippen molar-refractivity contribution in [3.05, 3.63) is 94.9 Å². The van der Waals surface area contributed by atoms with Crippen LogP contribution in [0, 0.1) is 0 Å². The number of carbonyl (C=O) groups is 2. The number of rotatable bonds is 6. The molecule has 4 aromatic rings. The number of hydrogen-bond donors (Lipinski definition) is 2. The van der Waals surface area contributed by atoms with Gasteiger partial charge in [-0.2, -0.15) is 0 Å². The van der Waals surface area contributed by atoms with Crippen LogP contribution in [0.3, 0.4) is 0 Å². The average Bonchev–Trinajstić information content (AvgIpc) is 2.86. The molecule has 1 aromatic heterocycles. The Hall–Kier alpha value is -4.28. The van der Waals surface area contributed by atoms with Crippen LogP contribution in [0.2, 0.25) is 0 Å². The number of sulfonamides is 1. The average molecular weight is 506 g/mol. The monoisotopic (exact) mass is 505 g/mol. The number of nitrogens with zero attached hydrogens (tertiary/aromatic N) is 1. The summed E-state index contributed by atoms with van der Waals surface area (Å²) in [7, 11) is -2.39. The van der Waals surface area contributed by atoms with Crippen LogP contribution < -0.4 is 16.0 Å². The van der Waals surface area contributed by atoms with Crippen LogP contribution in [0.5, 0.6) is 0 Å². The molecule has 0 bridgehead atoms. The van der Waals surface area contributed by atoms with Gasteiger partial charge < -0.3 is 14.6 Å². The van der Waals surface area contributed by atoms with E-state index in [2.05, 4.69) is 5.32 Å². The highest BCUT2D eigenvalue weighted by atomic mass is 32.2. The number of anilines is 1. The topological polar surface area (TPSA) is 138 Å². The largest absolute Gasteiger partial charge is 0.448 e. The molecule has 0 radical (unpaired) electrons. The summed E-state index contributed by atoms with van der Waals surface area (Å²) in [5.74, 6) is -1.48. The molecular weight excluding hydrogens is 482 g/mol. The highest BCUT2D eigenvalue weighted by Gasteiger charge is 2.26. The first-order valence-electron chi connectivity index (χ1n) is 10.9. The molecule has 1 heterocycles. The molecule has 0 aliphatic rings. The van der Waals surface area contributed by atoms with Gasteiger partial charge in [-0.25, -0.2) is 18.4 Å². The fraction of sp³-hybridized carbons (Fsp3) is 0.115. The molecule has 0 spiro atoms. The number of benzene rings is 3. The fourth-order valence-electron chi connectivity index (χ4n) is 3.84. The predicted molar refractivity (Wildman–Crippen MR) is 136 cm³/mol. The van der Waals surface area contributed by atoms with Gasteiger partial charge in [-0.1, -0.05) is 48.5 Å². The van der Waals surface area contributed by atoms with Crippen molar-refractivity contribution in [3.63, 3.8) is 0 Å². The van der Waals surface area contributed by atoms with Crippen LogP contribution in [0.15, 0.2) is 88.6 Å². The fourth-order valence-corrected chi connectivity index (χ4v) is 4.36. The third-order valence-corrected chi connectivity index (χ3v) is 6.59. The minimum atomic E-state index is -3.87. The van der Waals surface area contributed by atoms with Gasteiger partial charge in [0.25, 0.3) is 11.5 Å². The molecule has 0 saturated heterocycles. The van der Waals surface area contributed by atoms with Gasteiger partial charge in [0.05, 0.1) is 4.90 Å². The van der Waals surface area contributed by atoms with Gasteiger partial charge in [-0.05, 0) is 48.2 Å². The van der Waals surface area contributed by atoms with Crippen molar-refractivity contribution in [1.29, 1.82) is 0 Å². The van der Waals surface area contributed by atoms with Crippen LogP contribution in [0.1, 0.15) is 17.4 Å². The SMILES string of the molecule is CC(OC(=O)c1c(-c2ccccc2)c2ccccc2c(=O)n1C)C(=O)Nc1ccc(S(N)(=O)=O)cc1. The molecule has 9 nitrogen and oxygen atoms in total. The number of nitrogens with two attached hydrogens (primary N) is 1. The number of aromatic nitrogens is 1. The van der Waals surface area contributed by atoms with E-state index in [4.69, 9.17) is 9.88 Å². The molecule has 4 rings (SSSR count). The number of ether oxygens (including phenoxy) is 1. The molecule has 1 amide bonds. The molecule has 3 aromatic carbocycles. The van der Waals surface area contributed by atoms with Crippen LogP contribution in [0.4, 0.5) is 5.69 Å². The number of pyridine rings is 1. The lowest BCUT2D eigenvalue weighted by atomic mass is 9.97. The van der Waals surface area contributed by atoms with Gasteiger partial charge in [0.15, 0.2) is 6.10 Å². The second-order valence-electron chi connectivity index (χ2n) is 8.11. The highest BCUT2D eigenvalue weighted by Crippen LogP contribution is 2.31. The van der Waals surface area contributed by atoms with Crippen molar-refractivity contribution in [2.24, 2.45) is 12.2 Å². The summed E-state index contributed by atoms with van der Waals surface area (Å²) in [5.41, 5.74) is 1.16. The summed E-state index contributed by atoms with van der Waals surface area (Å²) in [6.07, 6.45) is -1.22. The summed E-state index contributed by atoms with van der Waals surface area (Å²) in [5, 5.41) is 8.68. The van der Waals surface area contributed by atoms with E-state index in [1.54, 1.807) is 24.3 Å². The lowest BCUT2D eigenvalue weighted by molar-refractivity contribution is -0.123. The number of amides is 1. The Morgan fingerprint density at radius 1 is 0.917 bits per heavy atom. The normalized spacial score (nSPS) is 12.2. The third-order valence-electron chi connectivity index (χ3n) is 5.66. The van der Waals surface area contributed by atoms with Crippen molar-refractivity contribution in [2.45, 2.75) is 17.9 Å². The van der Waals surface area contributed by atoms with Crippen LogP contribution >= 0.6 is 0 Å². The summed E-state index contributed by atoms with van der Waals surface area (Å²) in [4.78, 5) is 38.9. The summed E-state index contributed by atoms with van der Waals surface area (Å²) in [6.45, 7) is 1.40. The van der Waals surface area contributed by atoms with Gasteiger partial charge in [0, 0.05) is 23.7 Å². The van der Waals surface area contributed by atoms with Gasteiger partial charge in [-0.15, -0.1) is 0 Å². The summed E-state index contributed by atoms with van der Waals surface area (Å²) < 4.78 is 29.5. The van der Waals surface area contributed by atoms with Crippen molar-refractivity contribution in [1.82, 2.24) is 4.57 Å². The van der Waals surface area contributed by atoms with Crippen molar-refractivity contribution in [3.8, 4) is 11.1 Å². The summed E-state index contributed by atoms with van der Waals surface area (Å²) in [6, 6.07) is 21.3. The van der Waals surface area contributed by atoms with E-state index < -0.39 is 28.0 Å². The van der Waals surface area contributed by atoms with Crippen LogP contribution in [-0.4, -0.2) is 31.0 Å². The van der Waals surface area contributed by atoms with E-state index in [-0.39, 0.29) is 16.1 Å². The number of fused-ring (bicyclic) bond motifs is 1. The Morgan fingerprint density at radius 3 is 2.11 bits per heavy atom. The first kappa shape index (κ1) is 24.8. The Bertz CT molecular complexity index is 1630. The van der Waals surface area contributed by atoms with Crippen LogP contribution in [-0.2, 0) is 26.6 Å². The second kappa shape index (κ2) is 9.76. The molecule has 0 fully saturated rings. The van der Waals surface area contributed by atoms with Crippen LogP contribution in [0.25, 0.3) is 21.9 Å². The Kier molecular flexibility index (Phi) is 6.73. The number of nitrogens with one attached hydrogen (secondary N) is 1. The predicted octanol–water partition coefficient (Wildman–Crippen LogP) is 3.04. The number of hydrogen-bond acceptors (Lipinski definition) is 6. The molecule has 184 valence electrons. The third kappa shape index (κ3) is 4.90. The zero-order chi connectivity index (χ0) is 26.0. The zero-order valence-electron chi connectivity index (χ0n) is 19.5. The lowest BCUT2D eigenvalue weighted by Crippen LogP contribution is -2.33. The second-order valence-corrected chi connectivity index (χ2v) is 9.67. The quantitative estimate of drug-likeness (QED) is 0.387. The highest BCUT2D eigenvalue weighted by molar-refractivity contribution is 7.89. The molecule has 0 aliphatic carbocycles. The maximum absolute atomic E-state index is 13.3. The van der Waals surface area contributed by atoms with E-state index in [9.17, 15) is 22.8 Å². The molecule has 0 aliphatic heterocycles. The number of primary sulfonamides is 1. The standard InChI is InChI=1S/C26H23N3O6S/c1-16(24(30)28-18-12-14-19(15-13-18)36(27,33)34)35-26(32)23-22(17-8-4-3-5-9-17)20-10-6-7-11-21(20)25(31)29(23)2/h3-16H,1-2H3,(H,28,30)(H2,27,33,34). The number of esters is 1. The van der Waals surface area contributed by atoms with E-state index in [1.807, 2.05) is 30.3 Å². The van der Waals surface area contributed by atoms with Gasteiger partial charge in [0.1, 0.15) is 5.69 Å². The van der Waals surface area contributed by atoms with E-state index in [0.717, 1.165) is 0 Å². The minimum Gasteiger partial charge on any atom is -0.448 e. The molecule has 36 heavy (non-hydrogen) atoms. The first-order valence-corrected chi connectivity index (χ1v) is 12.4. The van der Waals surface area contributed by atoms with Crippen molar-refractivity contribution >= 4 is 38.4 Å². The van der Waals surface area contributed by atoms with E-state index in [0.29, 0.717) is 27.6 Å². The summed E-state index contributed by atoms with van der Waals surface area (Å²) >= 11 is 0. The van der Waals surface area contributed by atoms with Gasteiger partial charge in [-0.3, -0.25) is 9.59 Å². The van der Waals surface area contributed by atoms with Gasteiger partial charge in [0.2, 0.25) is 10.0 Å².